The highest BCUT2D eigenvalue weighted by Gasteiger charge is 2.86. The van der Waals surface area contributed by atoms with E-state index in [4.69, 9.17) is 51.8 Å². The molecule has 27 nitrogen and oxygen atoms in total. The topological polar surface area (TPSA) is 349 Å². The number of halogens is 1. The van der Waals surface area contributed by atoms with E-state index in [1.54, 1.807) is 23.1 Å². The van der Waals surface area contributed by atoms with E-state index in [9.17, 15) is 36.0 Å². The van der Waals surface area contributed by atoms with Crippen LogP contribution in [-0.2, 0) is 29.5 Å². The number of amides is 3. The van der Waals surface area contributed by atoms with Gasteiger partial charge in [0.2, 0.25) is 11.8 Å². The van der Waals surface area contributed by atoms with Crippen LogP contribution in [0.1, 0.15) is 204 Å². The summed E-state index contributed by atoms with van der Waals surface area (Å²) in [5, 5.41) is 28.0. The molecular weight excluding hydrogens is 1390 g/mol. The molecule has 6 N–H and O–H groups in total. The number of pyridine rings is 4. The first-order valence-electron chi connectivity index (χ1n) is 39.3. The van der Waals surface area contributed by atoms with Gasteiger partial charge in [0.1, 0.15) is 28.0 Å². The van der Waals surface area contributed by atoms with Crippen molar-refractivity contribution in [2.45, 2.75) is 204 Å². The molecule has 0 bridgehead atoms. The van der Waals surface area contributed by atoms with Crippen LogP contribution in [0.3, 0.4) is 0 Å². The Kier molecular flexibility index (Phi) is 18.0. The first kappa shape index (κ1) is 65.4. The Bertz CT molecular complexity index is 4780. The number of primary sulfonamides is 1. The van der Waals surface area contributed by atoms with Crippen LogP contribution >= 0.6 is 11.6 Å². The van der Waals surface area contributed by atoms with Gasteiger partial charge >= 0.3 is 18.2 Å². The minimum absolute atomic E-state index is 0.0148. The van der Waals surface area contributed by atoms with Gasteiger partial charge in [-0.2, -0.15) is 8.42 Å². The van der Waals surface area contributed by atoms with E-state index in [0.29, 0.717) is 49.7 Å². The van der Waals surface area contributed by atoms with Gasteiger partial charge in [-0.25, -0.2) is 62.0 Å². The highest BCUT2D eigenvalue weighted by Crippen LogP contribution is 2.94. The smallest absolute Gasteiger partial charge is 0.410 e. The number of sulfonamides is 2. The number of hydrogen-bond acceptors (Lipinski definition) is 20. The number of carbonyl (C=O) groups excluding carboxylic acids is 3. The highest BCUT2D eigenvalue weighted by atomic mass is 35.5. The SMILES string of the molecule is CC(C)(C)OC(=O)N1C[C@@H](CCCNc2cccc(S(N)(=O)=O)n2)CC1(C)C.[2H]C([2H])(Oc1ccn(-c2ccc(C(=O)NS(=O)(=O)c3cccc(NCCC[C@@H]4CN(C(=O)OC(C)(C)C)C(C)(C)C4)n3)cn2)n1)C([2H])([2H])C1C2(CC2)C12CC2.[2H]C([2H])(Oc1ccn(-c2ccc(C(=O)O)c(Cl)n2)n1)C([2H])([2H])C1C2(CC2)C12CC2. The molecule has 14 rings (SSSR count). The summed E-state index contributed by atoms with van der Waals surface area (Å²) in [7, 11) is -8.15. The fraction of sp³-hybridized carbons (Fsp3) is 0.595. The molecular formula is C74H99ClN14O13S2. The van der Waals surface area contributed by atoms with E-state index < -0.39 is 69.0 Å². The number of rotatable bonds is 25. The Hall–Kier alpha value is -8.15. The van der Waals surface area contributed by atoms with Gasteiger partial charge in [-0.15, -0.1) is 10.2 Å². The molecule has 2 atom stereocenters. The van der Waals surface area contributed by atoms with Gasteiger partial charge in [0.25, 0.3) is 26.0 Å². The lowest BCUT2D eigenvalue weighted by atomic mass is 9.93. The number of nitrogens with two attached hydrogens (primary N) is 1. The molecule has 8 heterocycles. The van der Waals surface area contributed by atoms with Crippen LogP contribution in [0.4, 0.5) is 21.2 Å². The molecule has 6 aromatic rings. The summed E-state index contributed by atoms with van der Waals surface area (Å²) < 4.78 is 143. The van der Waals surface area contributed by atoms with Crippen molar-refractivity contribution in [3.63, 3.8) is 0 Å². The third kappa shape index (κ3) is 17.0. The molecule has 8 aliphatic rings. The monoisotopic (exact) mass is 1500 g/mol. The molecule has 562 valence electrons. The van der Waals surface area contributed by atoms with Crippen molar-refractivity contribution in [1.82, 2.24) is 54.0 Å². The number of ether oxygens (including phenoxy) is 4. The molecule has 0 radical (unpaired) electrons. The van der Waals surface area contributed by atoms with Crippen molar-refractivity contribution in [2.75, 3.05) is 49.9 Å². The molecule has 0 aromatic carbocycles. The van der Waals surface area contributed by atoms with E-state index in [2.05, 4.69) is 54.6 Å². The van der Waals surface area contributed by atoms with E-state index >= 15 is 0 Å². The number of carbonyl (C=O) groups is 4. The number of likely N-dealkylation sites (tertiary alicyclic amines) is 2. The molecule has 2 aliphatic heterocycles. The Morgan fingerprint density at radius 2 is 1.07 bits per heavy atom. The van der Waals surface area contributed by atoms with Crippen LogP contribution < -0.4 is 30.0 Å². The van der Waals surface area contributed by atoms with E-state index in [-0.39, 0.29) is 106 Å². The van der Waals surface area contributed by atoms with Crippen molar-refractivity contribution in [3.8, 4) is 23.4 Å². The maximum atomic E-state index is 13.1. The Labute approximate surface area is 625 Å². The summed E-state index contributed by atoms with van der Waals surface area (Å²) in [6, 6.07) is 17.5. The molecule has 6 aliphatic carbocycles. The quantitative estimate of drug-likeness (QED) is 0.0262. The summed E-state index contributed by atoms with van der Waals surface area (Å²) in [6.45, 7) is 16.7. The average molecular weight is 1500 g/mol. The van der Waals surface area contributed by atoms with Crippen LogP contribution in [-0.4, -0.2) is 157 Å². The fourth-order valence-electron chi connectivity index (χ4n) is 15.6. The van der Waals surface area contributed by atoms with Crippen molar-refractivity contribution < 1.29 is 71.0 Å². The average Bonchev–Trinajstić information content (AvgIpc) is 1.44. The third-order valence-electron chi connectivity index (χ3n) is 21.2. The number of anilines is 2. The number of aromatic carboxylic acids is 1. The van der Waals surface area contributed by atoms with Gasteiger partial charge in [0.15, 0.2) is 21.7 Å². The highest BCUT2D eigenvalue weighted by molar-refractivity contribution is 7.90. The van der Waals surface area contributed by atoms with E-state index in [1.807, 2.05) is 65.0 Å². The maximum Gasteiger partial charge on any atom is 0.410 e. The number of aromatic nitrogens is 8. The second-order valence-electron chi connectivity index (χ2n) is 31.9. The number of fused-ring (bicyclic) bond motifs is 2. The van der Waals surface area contributed by atoms with Gasteiger partial charge in [-0.1, -0.05) is 23.7 Å². The molecule has 0 unspecified atom stereocenters. The first-order valence-corrected chi connectivity index (χ1v) is 38.7. The largest absolute Gasteiger partial charge is 0.478 e. The zero-order valence-corrected chi connectivity index (χ0v) is 62.7. The molecule has 6 saturated carbocycles. The second kappa shape index (κ2) is 28.6. The third-order valence-corrected chi connectivity index (χ3v) is 23.5. The van der Waals surface area contributed by atoms with Crippen molar-refractivity contribution in [1.29, 1.82) is 0 Å². The summed E-state index contributed by atoms with van der Waals surface area (Å²) >= 11 is 5.88. The molecule has 6 aromatic heterocycles. The summed E-state index contributed by atoms with van der Waals surface area (Å²) in [5.74, 6) is -1.02. The molecule has 3 amide bonds. The van der Waals surface area contributed by atoms with Crippen LogP contribution in [0.2, 0.25) is 5.15 Å². The minimum Gasteiger partial charge on any atom is -0.478 e. The van der Waals surface area contributed by atoms with Crippen LogP contribution in [0.25, 0.3) is 11.6 Å². The van der Waals surface area contributed by atoms with Gasteiger partial charge in [0.05, 0.1) is 29.7 Å². The Morgan fingerprint density at radius 1 is 0.625 bits per heavy atom. The van der Waals surface area contributed by atoms with E-state index in [1.165, 1.54) is 82.6 Å². The number of nitrogens with zero attached hydrogens (tertiary/aromatic N) is 10. The standard InChI is InChI=1S/C37H49N7O6S.C19H32N4O4S.C18H18ClN3O3/c1-34(2,3)50-33(46)43-24-25(22-35(43,4)5)8-7-19-38-28-9-6-10-31(40-28)51(47,48)42-32(45)26-11-12-29(39-23-26)44-20-13-30(41-44)49-21-14-27-36(15-16-36)37(27)17-18-37;1-18(2,3)27-17(24)23-13-14(12-19(23,4)5)8-7-11-21-15-9-6-10-16(22-15)28(20,25)26;19-15-11(16(23)24)1-2-13(20-15)22-9-3-14(21-22)25-10-4-12-17(5-6-17)18(12)7-8-18/h6,9-13,20,23,25,27H,7-8,14-19,21-22,24H2,1-5H3,(H,38,40)(H,42,45);6,9-10,14H,7-8,11-13H2,1-5H3,(H,21,22)(H2,20,25,26);1-3,9,12H,4-8,10H2,(H,23,24)/t25-;14-;/m00./s1/i14D2,21D2;;4D2,10D2. The second-order valence-corrected chi connectivity index (χ2v) is 35.4. The minimum atomic E-state index is -4.34. The van der Waals surface area contributed by atoms with Crippen molar-refractivity contribution in [2.24, 2.45) is 50.5 Å². The maximum absolute atomic E-state index is 13.1. The predicted molar refractivity (Wildman–Crippen MR) is 389 cm³/mol. The van der Waals surface area contributed by atoms with Crippen LogP contribution in [0, 0.1) is 45.3 Å². The fourth-order valence-corrected chi connectivity index (χ4v) is 17.2. The van der Waals surface area contributed by atoms with Gasteiger partial charge in [-0.3, -0.25) is 4.79 Å². The number of hydrogen-bond donors (Lipinski definition) is 5. The van der Waals surface area contributed by atoms with Gasteiger partial charge in [-0.05, 0) is 266 Å². The van der Waals surface area contributed by atoms with E-state index in [0.717, 1.165) is 89.9 Å². The molecule has 4 spiro atoms. The summed E-state index contributed by atoms with van der Waals surface area (Å²) in [6.07, 6.45) is 12.1. The number of nitrogens with one attached hydrogen (secondary N) is 3. The van der Waals surface area contributed by atoms with Crippen LogP contribution in [0.15, 0.2) is 101 Å². The van der Waals surface area contributed by atoms with Crippen LogP contribution in [0.5, 0.6) is 11.8 Å². The zero-order chi connectivity index (χ0) is 81.8. The Balaban J connectivity index is 0.000000172. The molecule has 2 saturated heterocycles. The molecule has 30 heteroatoms. The normalized spacial score (nSPS) is 22.4. The summed E-state index contributed by atoms with van der Waals surface area (Å²) in [4.78, 5) is 69.3. The van der Waals surface area contributed by atoms with Gasteiger partial charge < -0.3 is 44.5 Å². The van der Waals surface area contributed by atoms with Gasteiger partial charge in [0, 0.05) is 73.5 Å². The van der Waals surface area contributed by atoms with Crippen molar-refractivity contribution in [3.05, 3.63) is 108 Å². The molecule has 8 fully saturated rings. The molecule has 104 heavy (non-hydrogen) atoms. The summed E-state index contributed by atoms with van der Waals surface area (Å²) in [5.41, 5.74) is -1.96. The van der Waals surface area contributed by atoms with Crippen molar-refractivity contribution >= 4 is 67.3 Å². The Morgan fingerprint density at radius 3 is 1.48 bits per heavy atom. The first-order chi connectivity index (χ1) is 51.9. The lowest BCUT2D eigenvalue weighted by molar-refractivity contribution is 0.0118. The number of carboxylic acids is 1. The predicted octanol–water partition coefficient (Wildman–Crippen LogP) is 12.5. The lowest BCUT2D eigenvalue weighted by Gasteiger charge is -2.33. The lowest BCUT2D eigenvalue weighted by Crippen LogP contribution is -2.45. The number of carboxylic acid groups (broad SMARTS) is 1. The zero-order valence-electron chi connectivity index (χ0n) is 68.3.